The maximum atomic E-state index is 11.9. The van der Waals surface area contributed by atoms with E-state index in [4.69, 9.17) is 9.84 Å². The van der Waals surface area contributed by atoms with Crippen molar-refractivity contribution < 1.29 is 24.2 Å². The Labute approximate surface area is 106 Å². The molecule has 18 heavy (non-hydrogen) atoms. The predicted molar refractivity (Wildman–Crippen MR) is 63.9 cm³/mol. The number of carbonyl (C=O) groups is 3. The van der Waals surface area contributed by atoms with Crippen molar-refractivity contribution in [2.75, 3.05) is 13.7 Å². The zero-order valence-electron chi connectivity index (χ0n) is 11.0. The van der Waals surface area contributed by atoms with Gasteiger partial charge in [0.25, 0.3) is 0 Å². The molecule has 2 amide bonds. The lowest BCUT2D eigenvalue weighted by Gasteiger charge is -2.23. The second kappa shape index (κ2) is 7.65. The number of rotatable bonds is 7. The summed E-state index contributed by atoms with van der Waals surface area (Å²) in [5.41, 5.74) is 0. The van der Waals surface area contributed by atoms with Crippen LogP contribution in [0.2, 0.25) is 0 Å². The van der Waals surface area contributed by atoms with E-state index in [1.165, 1.54) is 14.0 Å². The number of carboxylic acid groups (broad SMARTS) is 1. The van der Waals surface area contributed by atoms with Gasteiger partial charge in [-0.25, -0.2) is 4.79 Å². The lowest BCUT2D eigenvalue weighted by molar-refractivity contribution is -0.144. The van der Waals surface area contributed by atoms with Gasteiger partial charge in [0.15, 0.2) is 6.04 Å². The first-order chi connectivity index (χ1) is 8.29. The van der Waals surface area contributed by atoms with Crippen molar-refractivity contribution >= 4 is 17.8 Å². The van der Waals surface area contributed by atoms with Gasteiger partial charge in [0.05, 0.1) is 6.61 Å². The molecule has 0 saturated heterocycles. The second-order valence-corrected chi connectivity index (χ2v) is 4.28. The summed E-state index contributed by atoms with van der Waals surface area (Å²) in [5, 5.41) is 13.7. The van der Waals surface area contributed by atoms with E-state index in [0.717, 1.165) is 0 Å². The molecule has 0 rings (SSSR count). The molecular formula is C11H20N2O5. The Balaban J connectivity index is 4.66. The van der Waals surface area contributed by atoms with Gasteiger partial charge >= 0.3 is 5.97 Å². The Hall–Kier alpha value is -1.63. The Kier molecular flexibility index (Phi) is 6.96. The highest BCUT2D eigenvalue weighted by atomic mass is 16.5. The Morgan fingerprint density at radius 2 is 1.78 bits per heavy atom. The molecule has 0 fully saturated rings. The van der Waals surface area contributed by atoms with Crippen molar-refractivity contribution in [3.8, 4) is 0 Å². The monoisotopic (exact) mass is 260 g/mol. The van der Waals surface area contributed by atoms with E-state index in [0.29, 0.717) is 0 Å². The highest BCUT2D eigenvalue weighted by Gasteiger charge is 2.27. The topological polar surface area (TPSA) is 105 Å². The van der Waals surface area contributed by atoms with Crippen LogP contribution in [0.4, 0.5) is 0 Å². The SMILES string of the molecule is COCC(NC(=O)C(NC(C)=O)C(C)C)C(=O)O. The minimum absolute atomic E-state index is 0.133. The number of aliphatic carboxylic acids is 1. The molecule has 0 aliphatic heterocycles. The lowest BCUT2D eigenvalue weighted by atomic mass is 10.0. The van der Waals surface area contributed by atoms with Crippen LogP contribution in [0.3, 0.4) is 0 Å². The molecule has 0 spiro atoms. The number of ether oxygens (including phenoxy) is 1. The molecule has 0 radical (unpaired) electrons. The molecular weight excluding hydrogens is 240 g/mol. The highest BCUT2D eigenvalue weighted by molar-refractivity contribution is 5.90. The molecule has 7 nitrogen and oxygen atoms in total. The molecule has 2 unspecified atom stereocenters. The summed E-state index contributed by atoms with van der Waals surface area (Å²) >= 11 is 0. The van der Waals surface area contributed by atoms with Gasteiger partial charge in [-0.1, -0.05) is 13.8 Å². The standard InChI is InChI=1S/C11H20N2O5/c1-6(2)9(12-7(3)14)10(15)13-8(5-18-4)11(16)17/h6,8-9H,5H2,1-4H3,(H,12,14)(H,13,15)(H,16,17). The second-order valence-electron chi connectivity index (χ2n) is 4.28. The third-order valence-electron chi connectivity index (χ3n) is 2.26. The summed E-state index contributed by atoms with van der Waals surface area (Å²) in [7, 11) is 1.34. The molecule has 7 heteroatoms. The van der Waals surface area contributed by atoms with Crippen LogP contribution in [0.25, 0.3) is 0 Å². The molecule has 0 aliphatic rings. The first-order valence-corrected chi connectivity index (χ1v) is 5.58. The average Bonchev–Trinajstić information content (AvgIpc) is 2.24. The molecule has 0 bridgehead atoms. The van der Waals surface area contributed by atoms with Gasteiger partial charge in [-0.05, 0) is 5.92 Å². The van der Waals surface area contributed by atoms with Crippen molar-refractivity contribution in [3.05, 3.63) is 0 Å². The van der Waals surface area contributed by atoms with Crippen molar-refractivity contribution in [3.63, 3.8) is 0 Å². The van der Waals surface area contributed by atoms with Crippen LogP contribution in [0.5, 0.6) is 0 Å². The van der Waals surface area contributed by atoms with Gasteiger partial charge in [0.1, 0.15) is 6.04 Å². The minimum Gasteiger partial charge on any atom is -0.480 e. The summed E-state index contributed by atoms with van der Waals surface area (Å²) in [6.45, 7) is 4.68. The average molecular weight is 260 g/mol. The predicted octanol–water partition coefficient (Wildman–Crippen LogP) is -0.637. The van der Waals surface area contributed by atoms with Crippen LogP contribution in [0.1, 0.15) is 20.8 Å². The summed E-state index contributed by atoms with van der Waals surface area (Å²) in [5.74, 6) is -2.21. The number of carbonyl (C=O) groups excluding carboxylic acids is 2. The Morgan fingerprint density at radius 3 is 2.11 bits per heavy atom. The van der Waals surface area contributed by atoms with E-state index in [9.17, 15) is 14.4 Å². The largest absolute Gasteiger partial charge is 0.480 e. The first-order valence-electron chi connectivity index (χ1n) is 5.58. The highest BCUT2D eigenvalue weighted by Crippen LogP contribution is 2.02. The smallest absolute Gasteiger partial charge is 0.328 e. The number of amides is 2. The van der Waals surface area contributed by atoms with Gasteiger partial charge in [0, 0.05) is 14.0 Å². The number of carboxylic acids is 1. The molecule has 0 aromatic rings. The van der Waals surface area contributed by atoms with Gasteiger partial charge in [-0.3, -0.25) is 9.59 Å². The molecule has 0 saturated carbocycles. The van der Waals surface area contributed by atoms with Gasteiger partial charge in [0.2, 0.25) is 11.8 Å². The first kappa shape index (κ1) is 16.4. The molecule has 104 valence electrons. The summed E-state index contributed by atoms with van der Waals surface area (Å²) < 4.78 is 4.70. The van der Waals surface area contributed by atoms with Gasteiger partial charge in [-0.15, -0.1) is 0 Å². The number of nitrogens with one attached hydrogen (secondary N) is 2. The fourth-order valence-corrected chi connectivity index (χ4v) is 1.36. The molecule has 2 atom stereocenters. The van der Waals surface area contributed by atoms with Crippen LogP contribution in [-0.2, 0) is 19.1 Å². The maximum absolute atomic E-state index is 11.9. The summed E-state index contributed by atoms with van der Waals surface area (Å²) in [6, 6.07) is -1.89. The third kappa shape index (κ3) is 5.62. The van der Waals surface area contributed by atoms with E-state index in [2.05, 4.69) is 10.6 Å². The van der Waals surface area contributed by atoms with Crippen molar-refractivity contribution in [1.82, 2.24) is 10.6 Å². The normalized spacial score (nSPS) is 13.8. The van der Waals surface area contributed by atoms with Crippen LogP contribution >= 0.6 is 0 Å². The van der Waals surface area contributed by atoms with E-state index in [1.54, 1.807) is 13.8 Å². The van der Waals surface area contributed by atoms with Crippen LogP contribution in [0, 0.1) is 5.92 Å². The van der Waals surface area contributed by atoms with Crippen molar-refractivity contribution in [2.45, 2.75) is 32.9 Å². The van der Waals surface area contributed by atoms with Crippen molar-refractivity contribution in [2.24, 2.45) is 5.92 Å². The van der Waals surface area contributed by atoms with E-state index in [1.807, 2.05) is 0 Å². The Morgan fingerprint density at radius 1 is 1.22 bits per heavy atom. The van der Waals surface area contributed by atoms with Crippen LogP contribution in [0.15, 0.2) is 0 Å². The molecule has 0 aromatic carbocycles. The van der Waals surface area contributed by atoms with Gasteiger partial charge < -0.3 is 20.5 Å². The molecule has 0 aromatic heterocycles. The minimum atomic E-state index is -1.18. The zero-order chi connectivity index (χ0) is 14.3. The molecule has 0 aliphatic carbocycles. The van der Waals surface area contributed by atoms with E-state index < -0.39 is 24.0 Å². The van der Waals surface area contributed by atoms with E-state index in [-0.39, 0.29) is 18.4 Å². The number of methoxy groups -OCH3 is 1. The fourth-order valence-electron chi connectivity index (χ4n) is 1.36. The summed E-state index contributed by atoms with van der Waals surface area (Å²) in [6.07, 6.45) is 0. The lowest BCUT2D eigenvalue weighted by Crippen LogP contribution is -2.54. The maximum Gasteiger partial charge on any atom is 0.328 e. The zero-order valence-corrected chi connectivity index (χ0v) is 11.0. The molecule has 0 heterocycles. The van der Waals surface area contributed by atoms with Crippen molar-refractivity contribution in [1.29, 1.82) is 0 Å². The van der Waals surface area contributed by atoms with Gasteiger partial charge in [-0.2, -0.15) is 0 Å². The number of hydrogen-bond acceptors (Lipinski definition) is 4. The van der Waals surface area contributed by atoms with Crippen LogP contribution < -0.4 is 10.6 Å². The molecule has 3 N–H and O–H groups in total. The number of hydrogen-bond donors (Lipinski definition) is 3. The fraction of sp³-hybridized carbons (Fsp3) is 0.727. The van der Waals surface area contributed by atoms with E-state index >= 15 is 0 Å². The summed E-state index contributed by atoms with van der Waals surface area (Å²) in [4.78, 5) is 33.7. The Bertz CT molecular complexity index is 317. The quantitative estimate of drug-likeness (QED) is 0.565. The van der Waals surface area contributed by atoms with Crippen LogP contribution in [-0.4, -0.2) is 48.7 Å². The third-order valence-corrected chi connectivity index (χ3v) is 2.26.